The molecule has 3 fully saturated rings. The van der Waals surface area contributed by atoms with E-state index in [9.17, 15) is 9.59 Å². The highest BCUT2D eigenvalue weighted by atomic mass is 16.2. The Morgan fingerprint density at radius 1 is 1.00 bits per heavy atom. The Morgan fingerprint density at radius 3 is 2.30 bits per heavy atom. The number of aromatic nitrogens is 2. The van der Waals surface area contributed by atoms with E-state index in [4.69, 9.17) is 11.5 Å². The number of benzene rings is 1. The molecule has 176 valence electrons. The van der Waals surface area contributed by atoms with Crippen LogP contribution in [0, 0.1) is 11.8 Å². The summed E-state index contributed by atoms with van der Waals surface area (Å²) in [4.78, 5) is 33.6. The average Bonchev–Trinajstić information content (AvgIpc) is 3.34. The van der Waals surface area contributed by atoms with Crippen molar-refractivity contribution in [3.63, 3.8) is 0 Å². The molecule has 2 saturated heterocycles. The van der Waals surface area contributed by atoms with Gasteiger partial charge in [0.05, 0.1) is 5.69 Å². The Morgan fingerprint density at radius 2 is 1.67 bits per heavy atom. The van der Waals surface area contributed by atoms with Crippen LogP contribution in [-0.4, -0.2) is 63.6 Å². The van der Waals surface area contributed by atoms with Crippen molar-refractivity contribution in [3.8, 4) is 5.69 Å². The molecule has 0 bridgehead atoms. The molecule has 2 aliphatic heterocycles. The third-order valence-electron chi connectivity index (χ3n) is 7.37. The standard InChI is InChI=1S/C24H33N7O2/c25-19-5-8-29(9-6-19)13-16-1-3-21(4-2-16)31-10-7-22(28-24(31)33)27-23(32)30-14-17-11-20(26)12-18(17)15-30/h1-4,7,10,17-20H,5-6,8-9,11-15,25-26H2,(H,27,28,32,33). The van der Waals surface area contributed by atoms with E-state index in [2.05, 4.69) is 15.2 Å². The highest BCUT2D eigenvalue weighted by Gasteiger charge is 2.41. The zero-order valence-electron chi connectivity index (χ0n) is 18.9. The lowest BCUT2D eigenvalue weighted by atomic mass is 10.0. The number of urea groups is 1. The fraction of sp³-hybridized carbons (Fsp3) is 0.542. The van der Waals surface area contributed by atoms with Crippen LogP contribution in [-0.2, 0) is 6.54 Å². The quantitative estimate of drug-likeness (QED) is 0.645. The van der Waals surface area contributed by atoms with Gasteiger partial charge < -0.3 is 16.4 Å². The van der Waals surface area contributed by atoms with Crippen molar-refractivity contribution in [3.05, 3.63) is 52.6 Å². The zero-order valence-corrected chi connectivity index (χ0v) is 18.9. The fourth-order valence-electron chi connectivity index (χ4n) is 5.50. The predicted molar refractivity (Wildman–Crippen MR) is 127 cm³/mol. The summed E-state index contributed by atoms with van der Waals surface area (Å²) in [6, 6.07) is 9.99. The minimum Gasteiger partial charge on any atom is -0.328 e. The summed E-state index contributed by atoms with van der Waals surface area (Å²) in [7, 11) is 0. The number of likely N-dealkylation sites (tertiary alicyclic amines) is 2. The SMILES string of the molecule is NC1CCN(Cc2ccc(-n3ccc(NC(=O)N4CC5CC(N)CC5C4)nc3=O)cc2)CC1. The molecule has 5 rings (SSSR count). The van der Waals surface area contributed by atoms with E-state index in [-0.39, 0.29) is 17.9 Å². The average molecular weight is 452 g/mol. The van der Waals surface area contributed by atoms with E-state index in [1.807, 2.05) is 29.2 Å². The maximum absolute atomic E-state index is 12.6. The minimum atomic E-state index is -0.421. The summed E-state index contributed by atoms with van der Waals surface area (Å²) < 4.78 is 1.49. The molecule has 5 N–H and O–H groups in total. The maximum Gasteiger partial charge on any atom is 0.354 e. The Labute approximate surface area is 193 Å². The summed E-state index contributed by atoms with van der Waals surface area (Å²) in [5.74, 6) is 1.25. The molecule has 0 spiro atoms. The molecule has 1 aromatic carbocycles. The third kappa shape index (κ3) is 4.95. The van der Waals surface area contributed by atoms with Crippen molar-refractivity contribution in [1.82, 2.24) is 19.4 Å². The minimum absolute atomic E-state index is 0.203. The summed E-state index contributed by atoms with van der Waals surface area (Å²) in [6.45, 7) is 4.36. The number of amides is 2. The van der Waals surface area contributed by atoms with Crippen LogP contribution in [0.5, 0.6) is 0 Å². The van der Waals surface area contributed by atoms with Crippen LogP contribution in [0.15, 0.2) is 41.3 Å². The van der Waals surface area contributed by atoms with Crippen molar-refractivity contribution in [1.29, 1.82) is 0 Å². The number of piperidine rings is 1. The summed E-state index contributed by atoms with van der Waals surface area (Å²) >= 11 is 0. The first-order valence-electron chi connectivity index (χ1n) is 11.9. The third-order valence-corrected chi connectivity index (χ3v) is 7.37. The number of nitrogens with one attached hydrogen (secondary N) is 1. The van der Waals surface area contributed by atoms with E-state index in [0.29, 0.717) is 17.9 Å². The maximum atomic E-state index is 12.6. The fourth-order valence-corrected chi connectivity index (χ4v) is 5.50. The van der Waals surface area contributed by atoms with Crippen LogP contribution in [0.3, 0.4) is 0 Å². The van der Waals surface area contributed by atoms with E-state index in [1.165, 1.54) is 10.1 Å². The van der Waals surface area contributed by atoms with Crippen LogP contribution in [0.25, 0.3) is 5.69 Å². The van der Waals surface area contributed by atoms with Crippen LogP contribution in [0.2, 0.25) is 0 Å². The number of rotatable bonds is 4. The Kier molecular flexibility index (Phi) is 6.18. The number of hydrogen-bond donors (Lipinski definition) is 3. The second-order valence-corrected chi connectivity index (χ2v) is 9.83. The van der Waals surface area contributed by atoms with Gasteiger partial charge in [-0.05, 0) is 74.4 Å². The van der Waals surface area contributed by atoms with Gasteiger partial charge in [0.2, 0.25) is 0 Å². The Balaban J connectivity index is 1.19. The van der Waals surface area contributed by atoms with Gasteiger partial charge >= 0.3 is 11.7 Å². The largest absolute Gasteiger partial charge is 0.354 e. The lowest BCUT2D eigenvalue weighted by Gasteiger charge is -2.30. The normalized spacial score (nSPS) is 25.9. The van der Waals surface area contributed by atoms with Crippen LogP contribution < -0.4 is 22.5 Å². The van der Waals surface area contributed by atoms with Gasteiger partial charge in [0.15, 0.2) is 0 Å². The molecule has 3 heterocycles. The van der Waals surface area contributed by atoms with Crippen LogP contribution in [0.1, 0.15) is 31.2 Å². The second kappa shape index (κ2) is 9.24. The van der Waals surface area contributed by atoms with Gasteiger partial charge in [-0.25, -0.2) is 9.59 Å². The number of anilines is 1. The predicted octanol–water partition coefficient (Wildman–Crippen LogP) is 1.36. The highest BCUT2D eigenvalue weighted by molar-refractivity contribution is 5.88. The number of hydrogen-bond acceptors (Lipinski definition) is 6. The molecule has 3 aliphatic rings. The van der Waals surface area contributed by atoms with Crippen LogP contribution >= 0.6 is 0 Å². The lowest BCUT2D eigenvalue weighted by molar-refractivity contribution is 0.205. The first kappa shape index (κ1) is 22.1. The molecule has 2 aromatic rings. The van der Waals surface area contributed by atoms with Crippen molar-refractivity contribution < 1.29 is 4.79 Å². The number of nitrogens with two attached hydrogens (primary N) is 2. The van der Waals surface area contributed by atoms with E-state index in [1.54, 1.807) is 12.3 Å². The van der Waals surface area contributed by atoms with Crippen molar-refractivity contribution in [2.75, 3.05) is 31.5 Å². The summed E-state index contributed by atoms with van der Waals surface area (Å²) in [5.41, 5.74) is 13.5. The van der Waals surface area contributed by atoms with E-state index in [0.717, 1.165) is 64.1 Å². The van der Waals surface area contributed by atoms with E-state index >= 15 is 0 Å². The lowest BCUT2D eigenvalue weighted by Crippen LogP contribution is -2.39. The highest BCUT2D eigenvalue weighted by Crippen LogP contribution is 2.37. The topological polar surface area (TPSA) is 123 Å². The van der Waals surface area contributed by atoms with Gasteiger partial charge in [0.25, 0.3) is 0 Å². The molecule has 9 nitrogen and oxygen atoms in total. The van der Waals surface area contributed by atoms with Gasteiger partial charge in [-0.15, -0.1) is 0 Å². The summed E-state index contributed by atoms with van der Waals surface area (Å²) in [5, 5.41) is 2.78. The molecule has 1 aliphatic carbocycles. The first-order chi connectivity index (χ1) is 15.9. The molecular weight excluding hydrogens is 418 g/mol. The monoisotopic (exact) mass is 451 g/mol. The van der Waals surface area contributed by atoms with Crippen molar-refractivity contribution in [2.45, 2.75) is 44.3 Å². The van der Waals surface area contributed by atoms with Crippen LogP contribution in [0.4, 0.5) is 10.6 Å². The molecule has 2 unspecified atom stereocenters. The Hall–Kier alpha value is -2.75. The van der Waals surface area contributed by atoms with Gasteiger partial charge in [-0.2, -0.15) is 4.98 Å². The molecule has 1 aromatic heterocycles. The number of nitrogens with zero attached hydrogens (tertiary/aromatic N) is 4. The van der Waals surface area contributed by atoms with Crippen molar-refractivity contribution in [2.24, 2.45) is 23.3 Å². The van der Waals surface area contributed by atoms with Gasteiger partial charge in [-0.3, -0.25) is 14.8 Å². The first-order valence-corrected chi connectivity index (χ1v) is 11.9. The molecular formula is C24H33N7O2. The molecule has 9 heteroatoms. The smallest absolute Gasteiger partial charge is 0.328 e. The number of fused-ring (bicyclic) bond motifs is 1. The van der Waals surface area contributed by atoms with Gasteiger partial charge in [-0.1, -0.05) is 12.1 Å². The van der Waals surface area contributed by atoms with Gasteiger partial charge in [0.1, 0.15) is 5.82 Å². The number of carbonyl (C=O) groups is 1. The van der Waals surface area contributed by atoms with Gasteiger partial charge in [0, 0.05) is 37.9 Å². The molecule has 33 heavy (non-hydrogen) atoms. The zero-order chi connectivity index (χ0) is 22.9. The summed E-state index contributed by atoms with van der Waals surface area (Å²) in [6.07, 6.45) is 5.69. The molecule has 1 saturated carbocycles. The molecule has 0 radical (unpaired) electrons. The molecule has 2 atom stereocenters. The van der Waals surface area contributed by atoms with Crippen molar-refractivity contribution >= 4 is 11.8 Å². The van der Waals surface area contributed by atoms with E-state index < -0.39 is 5.69 Å². The second-order valence-electron chi connectivity index (χ2n) is 9.83. The molecule has 2 amide bonds. The number of carbonyl (C=O) groups excluding carboxylic acids is 1. The Bertz CT molecular complexity index is 1030.